The van der Waals surface area contributed by atoms with Crippen LogP contribution in [-0.2, 0) is 18.9 Å². The molecule has 1 aromatic rings. The van der Waals surface area contributed by atoms with Gasteiger partial charge in [-0.3, -0.25) is 14.2 Å². The highest BCUT2D eigenvalue weighted by atomic mass is 16.2. The molecule has 1 aliphatic rings. The Labute approximate surface area is 103 Å². The summed E-state index contributed by atoms with van der Waals surface area (Å²) >= 11 is 0. The lowest BCUT2D eigenvalue weighted by atomic mass is 10.5. The molecule has 0 atom stereocenters. The smallest absolute Gasteiger partial charge is 0.346 e. The average molecular weight is 253 g/mol. The van der Waals surface area contributed by atoms with E-state index in [4.69, 9.17) is 0 Å². The molecule has 1 aliphatic carbocycles. The topological polar surface area (TPSA) is 98.0 Å². The molecule has 2 rings (SSSR count). The maximum Gasteiger partial charge on any atom is 0.346 e. The molecule has 1 aromatic heterocycles. The highest BCUT2D eigenvalue weighted by Crippen LogP contribution is 2.18. The number of rotatable bonds is 4. The lowest BCUT2D eigenvalue weighted by Crippen LogP contribution is -2.41. The average Bonchev–Trinajstić information content (AvgIpc) is 3.13. The number of carbonyl (C=O) groups is 1. The van der Waals surface area contributed by atoms with Crippen molar-refractivity contribution in [2.45, 2.75) is 18.9 Å². The number of carbonyl (C=O) groups excluding carboxylic acids is 1. The number of nitrogens with zero attached hydrogens (tertiary/aromatic N) is 3. The van der Waals surface area contributed by atoms with Crippen molar-refractivity contribution in [3.8, 4) is 0 Å². The zero-order chi connectivity index (χ0) is 13.3. The molecule has 0 spiro atoms. The van der Waals surface area contributed by atoms with Crippen LogP contribution in [0, 0.1) is 0 Å². The van der Waals surface area contributed by atoms with Gasteiger partial charge in [0.25, 0.3) is 5.56 Å². The summed E-state index contributed by atoms with van der Waals surface area (Å²) < 4.78 is 1.98. The molecule has 0 bridgehead atoms. The zero-order valence-electron chi connectivity index (χ0n) is 10.3. The molecule has 2 N–H and O–H groups in total. The van der Waals surface area contributed by atoms with Crippen molar-refractivity contribution in [1.29, 1.82) is 0 Å². The van der Waals surface area contributed by atoms with Crippen molar-refractivity contribution in [2.75, 3.05) is 11.9 Å². The summed E-state index contributed by atoms with van der Waals surface area (Å²) in [6.45, 7) is -0.0308. The molecule has 18 heavy (non-hydrogen) atoms. The van der Waals surface area contributed by atoms with E-state index >= 15 is 0 Å². The van der Waals surface area contributed by atoms with Crippen LogP contribution in [0.4, 0.5) is 5.82 Å². The molecule has 0 aliphatic heterocycles. The first-order valence-corrected chi connectivity index (χ1v) is 5.66. The Balaban J connectivity index is 2.07. The maximum atomic E-state index is 11.7. The first-order chi connectivity index (χ1) is 8.49. The lowest BCUT2D eigenvalue weighted by molar-refractivity contribution is -0.119. The van der Waals surface area contributed by atoms with Crippen molar-refractivity contribution < 1.29 is 4.79 Å². The van der Waals surface area contributed by atoms with Crippen molar-refractivity contribution in [3.05, 3.63) is 20.8 Å². The zero-order valence-corrected chi connectivity index (χ0v) is 10.3. The lowest BCUT2D eigenvalue weighted by Gasteiger charge is -2.08. The van der Waals surface area contributed by atoms with Gasteiger partial charge >= 0.3 is 5.69 Å². The van der Waals surface area contributed by atoms with E-state index in [0.29, 0.717) is 0 Å². The number of hydrogen-bond donors (Lipinski definition) is 2. The molecule has 0 unspecified atom stereocenters. The van der Waals surface area contributed by atoms with E-state index in [1.54, 1.807) is 0 Å². The second-order valence-corrected chi connectivity index (χ2v) is 4.31. The van der Waals surface area contributed by atoms with E-state index in [-0.39, 0.29) is 24.3 Å². The number of nitrogens with one attached hydrogen (secondary N) is 2. The summed E-state index contributed by atoms with van der Waals surface area (Å²) in [4.78, 5) is 34.5. The van der Waals surface area contributed by atoms with Crippen LogP contribution in [0.3, 0.4) is 0 Å². The third kappa shape index (κ3) is 2.58. The summed E-state index contributed by atoms with van der Waals surface area (Å²) in [7, 11) is 2.80. The minimum Gasteiger partial charge on any atom is -0.355 e. The Kier molecular flexibility index (Phi) is 3.17. The molecule has 98 valence electrons. The predicted octanol–water partition coefficient (Wildman–Crippen LogP) is -1.83. The molecule has 1 amide bonds. The van der Waals surface area contributed by atoms with E-state index in [2.05, 4.69) is 15.7 Å². The minimum atomic E-state index is -0.544. The van der Waals surface area contributed by atoms with Crippen molar-refractivity contribution in [3.63, 3.8) is 0 Å². The Morgan fingerprint density at radius 2 is 2.06 bits per heavy atom. The summed E-state index contributed by atoms with van der Waals surface area (Å²) in [5, 5.41) is 9.20. The Morgan fingerprint density at radius 1 is 1.39 bits per heavy atom. The SMILES string of the molecule is Cn1nc(NCC(=O)NC2CC2)c(=O)n(C)c1=O. The third-order valence-corrected chi connectivity index (χ3v) is 2.68. The Morgan fingerprint density at radius 3 is 2.67 bits per heavy atom. The molecule has 8 nitrogen and oxygen atoms in total. The van der Waals surface area contributed by atoms with E-state index in [9.17, 15) is 14.4 Å². The largest absolute Gasteiger partial charge is 0.355 e. The van der Waals surface area contributed by atoms with Crippen LogP contribution in [0.1, 0.15) is 12.8 Å². The van der Waals surface area contributed by atoms with Crippen LogP contribution in [-0.4, -0.2) is 32.8 Å². The quantitative estimate of drug-likeness (QED) is 0.657. The normalized spacial score (nSPS) is 14.3. The predicted molar refractivity (Wildman–Crippen MR) is 64.4 cm³/mol. The van der Waals surface area contributed by atoms with Crippen LogP contribution < -0.4 is 21.9 Å². The van der Waals surface area contributed by atoms with Gasteiger partial charge in [0.15, 0.2) is 0 Å². The number of aryl methyl sites for hydroxylation is 1. The molecule has 0 aromatic carbocycles. The molecule has 0 radical (unpaired) electrons. The molecular formula is C10H15N5O3. The van der Waals surface area contributed by atoms with Gasteiger partial charge in [0.05, 0.1) is 6.54 Å². The van der Waals surface area contributed by atoms with Crippen LogP contribution in [0.2, 0.25) is 0 Å². The van der Waals surface area contributed by atoms with E-state index < -0.39 is 11.2 Å². The van der Waals surface area contributed by atoms with Gasteiger partial charge in [-0.15, -0.1) is 5.10 Å². The molecular weight excluding hydrogens is 238 g/mol. The van der Waals surface area contributed by atoms with Crippen LogP contribution >= 0.6 is 0 Å². The van der Waals surface area contributed by atoms with E-state index in [0.717, 1.165) is 22.1 Å². The van der Waals surface area contributed by atoms with Crippen molar-refractivity contribution >= 4 is 11.7 Å². The van der Waals surface area contributed by atoms with Gasteiger partial charge in [-0.25, -0.2) is 9.48 Å². The number of anilines is 1. The van der Waals surface area contributed by atoms with Gasteiger partial charge in [-0.05, 0) is 12.8 Å². The van der Waals surface area contributed by atoms with Crippen molar-refractivity contribution in [2.24, 2.45) is 14.1 Å². The van der Waals surface area contributed by atoms with Gasteiger partial charge in [0.2, 0.25) is 11.7 Å². The first kappa shape index (κ1) is 12.3. The second kappa shape index (κ2) is 4.63. The standard InChI is InChI=1S/C10H15N5O3/c1-14-9(17)8(13-15(2)10(14)18)11-5-7(16)12-6-3-4-6/h6H,3-5H2,1-2H3,(H,11,13)(H,12,16). The second-order valence-electron chi connectivity index (χ2n) is 4.31. The number of aromatic nitrogens is 3. The summed E-state index contributed by atoms with van der Waals surface area (Å²) in [5.74, 6) is -0.194. The molecule has 1 fully saturated rings. The summed E-state index contributed by atoms with van der Waals surface area (Å²) in [6.07, 6.45) is 2.01. The Bertz CT molecular complexity index is 584. The molecule has 0 saturated heterocycles. The van der Waals surface area contributed by atoms with Gasteiger partial charge in [0.1, 0.15) is 0 Å². The molecule has 8 heteroatoms. The Hall–Kier alpha value is -2.12. The van der Waals surface area contributed by atoms with Gasteiger partial charge in [-0.2, -0.15) is 0 Å². The summed E-state index contributed by atoms with van der Waals surface area (Å²) in [6, 6.07) is 0.273. The number of hydrogen-bond acceptors (Lipinski definition) is 5. The van der Waals surface area contributed by atoms with E-state index in [1.165, 1.54) is 14.1 Å². The van der Waals surface area contributed by atoms with Crippen molar-refractivity contribution in [1.82, 2.24) is 19.7 Å². The van der Waals surface area contributed by atoms with E-state index in [1.807, 2.05) is 0 Å². The fourth-order valence-electron chi connectivity index (χ4n) is 1.48. The number of amides is 1. The highest BCUT2D eigenvalue weighted by molar-refractivity contribution is 5.80. The minimum absolute atomic E-state index is 0.00875. The fraction of sp³-hybridized carbons (Fsp3) is 0.600. The highest BCUT2D eigenvalue weighted by Gasteiger charge is 2.23. The van der Waals surface area contributed by atoms with Gasteiger partial charge in [-0.1, -0.05) is 0 Å². The maximum absolute atomic E-state index is 11.7. The molecule has 1 saturated carbocycles. The van der Waals surface area contributed by atoms with Gasteiger partial charge in [0, 0.05) is 20.1 Å². The van der Waals surface area contributed by atoms with Crippen LogP contribution in [0.25, 0.3) is 0 Å². The first-order valence-electron chi connectivity index (χ1n) is 5.66. The molecule has 1 heterocycles. The van der Waals surface area contributed by atoms with Crippen LogP contribution in [0.15, 0.2) is 9.59 Å². The summed E-state index contributed by atoms with van der Waals surface area (Å²) in [5.41, 5.74) is -1.05. The van der Waals surface area contributed by atoms with Gasteiger partial charge < -0.3 is 10.6 Å². The monoisotopic (exact) mass is 253 g/mol. The fourth-order valence-corrected chi connectivity index (χ4v) is 1.48. The third-order valence-electron chi connectivity index (χ3n) is 2.68. The van der Waals surface area contributed by atoms with Crippen LogP contribution in [0.5, 0.6) is 0 Å².